The lowest BCUT2D eigenvalue weighted by Crippen LogP contribution is -2.01. The highest BCUT2D eigenvalue weighted by molar-refractivity contribution is 9.10. The predicted molar refractivity (Wildman–Crippen MR) is 63.1 cm³/mol. The second-order valence-electron chi connectivity index (χ2n) is 3.25. The fourth-order valence-corrected chi connectivity index (χ4v) is 1.91. The van der Waals surface area contributed by atoms with Gasteiger partial charge in [0.25, 0.3) is 5.69 Å². The van der Waals surface area contributed by atoms with Gasteiger partial charge in [-0.05, 0) is 22.0 Å². The molecule has 0 atom stereocenters. The van der Waals surface area contributed by atoms with Gasteiger partial charge in [-0.3, -0.25) is 10.1 Å². The van der Waals surface area contributed by atoms with Crippen molar-refractivity contribution in [3.63, 3.8) is 0 Å². The number of hydrogen-bond donors (Lipinski definition) is 1. The van der Waals surface area contributed by atoms with Gasteiger partial charge in [0.15, 0.2) is 5.69 Å². The molecular weight excluding hydrogens is 292 g/mol. The zero-order valence-electron chi connectivity index (χ0n) is 8.25. The molecule has 6 nitrogen and oxygen atoms in total. The zero-order chi connectivity index (χ0) is 12.6. The van der Waals surface area contributed by atoms with Crippen LogP contribution in [0.5, 0.6) is 0 Å². The fourth-order valence-electron chi connectivity index (χ4n) is 1.48. The number of fused-ring (bicyclic) bond motifs is 1. The number of carboxylic acid groups (broad SMARTS) is 1. The summed E-state index contributed by atoms with van der Waals surface area (Å²) in [6.07, 6.45) is 1.31. The van der Waals surface area contributed by atoms with Crippen molar-refractivity contribution in [2.45, 2.75) is 0 Å². The molecule has 0 spiro atoms. The minimum Gasteiger partial charge on any atom is -0.476 e. The Hall–Kier alpha value is -2.02. The molecule has 0 fully saturated rings. The SMILES string of the molecule is O=C(O)c1ncc(Br)c2cc([N+](=O)[O-])ccc12. The molecule has 1 N–H and O–H groups in total. The molecule has 0 aliphatic heterocycles. The molecule has 0 aliphatic rings. The minimum absolute atomic E-state index is 0.0965. The Morgan fingerprint density at radius 2 is 2.12 bits per heavy atom. The lowest BCUT2D eigenvalue weighted by molar-refractivity contribution is -0.384. The Kier molecular flexibility index (Phi) is 2.76. The van der Waals surface area contributed by atoms with Crippen molar-refractivity contribution in [3.8, 4) is 0 Å². The van der Waals surface area contributed by atoms with Crippen molar-refractivity contribution in [3.05, 3.63) is 44.7 Å². The van der Waals surface area contributed by atoms with Crippen LogP contribution in [0.3, 0.4) is 0 Å². The molecule has 2 rings (SSSR count). The number of nitrogens with zero attached hydrogens (tertiary/aromatic N) is 2. The number of pyridine rings is 1. The third-order valence-corrected chi connectivity index (χ3v) is 2.87. The fraction of sp³-hybridized carbons (Fsp3) is 0. The van der Waals surface area contributed by atoms with Gasteiger partial charge in [-0.25, -0.2) is 9.78 Å². The van der Waals surface area contributed by atoms with E-state index in [4.69, 9.17) is 5.11 Å². The molecule has 2 aromatic rings. The highest BCUT2D eigenvalue weighted by Gasteiger charge is 2.15. The third kappa shape index (κ3) is 1.96. The van der Waals surface area contributed by atoms with Crippen LogP contribution in [-0.4, -0.2) is 21.0 Å². The van der Waals surface area contributed by atoms with E-state index in [-0.39, 0.29) is 11.4 Å². The van der Waals surface area contributed by atoms with E-state index in [0.29, 0.717) is 15.2 Å². The van der Waals surface area contributed by atoms with Gasteiger partial charge in [0.2, 0.25) is 0 Å². The van der Waals surface area contributed by atoms with E-state index in [1.165, 1.54) is 24.4 Å². The Labute approximate surface area is 103 Å². The monoisotopic (exact) mass is 296 g/mol. The normalized spacial score (nSPS) is 10.4. The molecule has 0 amide bonds. The molecule has 0 aliphatic carbocycles. The van der Waals surface area contributed by atoms with Gasteiger partial charge in [-0.1, -0.05) is 0 Å². The Morgan fingerprint density at radius 3 is 2.71 bits per heavy atom. The first kappa shape index (κ1) is 11.5. The van der Waals surface area contributed by atoms with Crippen LogP contribution < -0.4 is 0 Å². The summed E-state index contributed by atoms with van der Waals surface area (Å²) in [5.41, 5.74) is -0.223. The Bertz CT molecular complexity index is 641. The summed E-state index contributed by atoms with van der Waals surface area (Å²) < 4.78 is 0.515. The molecule has 17 heavy (non-hydrogen) atoms. The molecule has 0 saturated carbocycles. The number of aromatic carboxylic acids is 1. The smallest absolute Gasteiger partial charge is 0.355 e. The number of carboxylic acids is 1. The van der Waals surface area contributed by atoms with Crippen molar-refractivity contribution in [1.29, 1.82) is 0 Å². The standard InChI is InChI=1S/C10H5BrN2O4/c11-8-4-12-9(10(14)15)6-2-1-5(13(16)17)3-7(6)8/h1-4H,(H,14,15). The maximum Gasteiger partial charge on any atom is 0.355 e. The highest BCUT2D eigenvalue weighted by Crippen LogP contribution is 2.28. The second-order valence-corrected chi connectivity index (χ2v) is 4.10. The summed E-state index contributed by atoms with van der Waals surface area (Å²) >= 11 is 3.19. The van der Waals surface area contributed by atoms with Crippen LogP contribution in [0.25, 0.3) is 10.8 Å². The number of halogens is 1. The van der Waals surface area contributed by atoms with Crippen molar-refractivity contribution < 1.29 is 14.8 Å². The lowest BCUT2D eigenvalue weighted by Gasteiger charge is -2.03. The van der Waals surface area contributed by atoms with Crippen LogP contribution in [-0.2, 0) is 0 Å². The third-order valence-electron chi connectivity index (χ3n) is 2.24. The Balaban J connectivity index is 2.82. The zero-order valence-corrected chi connectivity index (χ0v) is 9.84. The number of non-ortho nitro benzene ring substituents is 1. The van der Waals surface area contributed by atoms with E-state index in [1.54, 1.807) is 0 Å². The molecular formula is C10H5BrN2O4. The van der Waals surface area contributed by atoms with Crippen LogP contribution in [0.4, 0.5) is 5.69 Å². The molecule has 1 heterocycles. The number of carbonyl (C=O) groups is 1. The van der Waals surface area contributed by atoms with Crippen molar-refractivity contribution >= 4 is 38.4 Å². The second kappa shape index (κ2) is 4.10. The van der Waals surface area contributed by atoms with E-state index >= 15 is 0 Å². The topological polar surface area (TPSA) is 93.3 Å². The van der Waals surface area contributed by atoms with Gasteiger partial charge in [0.1, 0.15) is 0 Å². The van der Waals surface area contributed by atoms with Crippen molar-refractivity contribution in [2.75, 3.05) is 0 Å². The number of benzene rings is 1. The number of aromatic nitrogens is 1. The van der Waals surface area contributed by atoms with Crippen molar-refractivity contribution in [2.24, 2.45) is 0 Å². The van der Waals surface area contributed by atoms with Crippen LogP contribution in [0.1, 0.15) is 10.5 Å². The summed E-state index contributed by atoms with van der Waals surface area (Å²) in [4.78, 5) is 24.8. The van der Waals surface area contributed by atoms with Crippen LogP contribution in [0.2, 0.25) is 0 Å². The molecule has 0 unspecified atom stereocenters. The van der Waals surface area contributed by atoms with Gasteiger partial charge in [-0.2, -0.15) is 0 Å². The van der Waals surface area contributed by atoms with Crippen LogP contribution in [0.15, 0.2) is 28.9 Å². The summed E-state index contributed by atoms with van der Waals surface area (Å²) in [7, 11) is 0. The van der Waals surface area contributed by atoms with Crippen LogP contribution >= 0.6 is 15.9 Å². The highest BCUT2D eigenvalue weighted by atomic mass is 79.9. The van der Waals surface area contributed by atoms with Crippen molar-refractivity contribution in [1.82, 2.24) is 4.98 Å². The van der Waals surface area contributed by atoms with E-state index in [0.717, 1.165) is 0 Å². The maximum absolute atomic E-state index is 10.9. The first-order valence-electron chi connectivity index (χ1n) is 4.46. The van der Waals surface area contributed by atoms with Gasteiger partial charge in [0, 0.05) is 33.6 Å². The largest absolute Gasteiger partial charge is 0.476 e. The van der Waals surface area contributed by atoms with Gasteiger partial charge >= 0.3 is 5.97 Å². The van der Waals surface area contributed by atoms with E-state index in [1.807, 2.05) is 0 Å². The summed E-state index contributed by atoms with van der Waals surface area (Å²) in [5.74, 6) is -1.17. The molecule has 7 heteroatoms. The number of nitro groups is 1. The number of hydrogen-bond acceptors (Lipinski definition) is 4. The summed E-state index contributed by atoms with van der Waals surface area (Å²) in [5, 5.41) is 20.4. The first-order chi connectivity index (χ1) is 8.00. The average molecular weight is 297 g/mol. The molecule has 0 radical (unpaired) electrons. The predicted octanol–water partition coefficient (Wildman–Crippen LogP) is 2.60. The van der Waals surface area contributed by atoms with E-state index in [9.17, 15) is 14.9 Å². The Morgan fingerprint density at radius 1 is 1.41 bits per heavy atom. The molecule has 1 aromatic carbocycles. The lowest BCUT2D eigenvalue weighted by atomic mass is 10.1. The molecule has 0 bridgehead atoms. The van der Waals surface area contributed by atoms with Gasteiger partial charge in [0.05, 0.1) is 4.92 Å². The first-order valence-corrected chi connectivity index (χ1v) is 5.26. The molecule has 86 valence electrons. The quantitative estimate of drug-likeness (QED) is 0.679. The minimum atomic E-state index is -1.17. The van der Waals surface area contributed by atoms with Crippen LogP contribution in [0, 0.1) is 10.1 Å². The molecule has 0 saturated heterocycles. The molecule has 1 aromatic heterocycles. The summed E-state index contributed by atoms with van der Waals surface area (Å²) in [6.45, 7) is 0. The number of nitro benzene ring substituents is 1. The van der Waals surface area contributed by atoms with Gasteiger partial charge in [-0.15, -0.1) is 0 Å². The van der Waals surface area contributed by atoms with Gasteiger partial charge < -0.3 is 5.11 Å². The maximum atomic E-state index is 10.9. The van der Waals surface area contributed by atoms with E-state index < -0.39 is 10.9 Å². The average Bonchev–Trinajstić information content (AvgIpc) is 2.28. The number of rotatable bonds is 2. The summed E-state index contributed by atoms with van der Waals surface area (Å²) in [6, 6.07) is 3.95. The van der Waals surface area contributed by atoms with E-state index in [2.05, 4.69) is 20.9 Å².